The minimum atomic E-state index is -4.18. The van der Waals surface area contributed by atoms with Crippen LogP contribution in [0.3, 0.4) is 0 Å². The van der Waals surface area contributed by atoms with Crippen LogP contribution in [-0.4, -0.2) is 50.9 Å². The third kappa shape index (κ3) is 9.01. The Bertz CT molecular complexity index is 1780. The van der Waals surface area contributed by atoms with E-state index in [1.165, 1.54) is 9.21 Å². The molecule has 0 aliphatic rings. The minimum Gasteiger partial charge on any atom is -0.497 e. The zero-order chi connectivity index (χ0) is 34.1. The predicted molar refractivity (Wildman–Crippen MR) is 187 cm³/mol. The van der Waals surface area contributed by atoms with Gasteiger partial charge in [0, 0.05) is 19.0 Å². The van der Waals surface area contributed by atoms with Crippen LogP contribution in [0.5, 0.6) is 5.75 Å². The number of sulfonamides is 1. The van der Waals surface area contributed by atoms with Gasteiger partial charge in [-0.25, -0.2) is 8.42 Å². The number of anilines is 1. The van der Waals surface area contributed by atoms with Gasteiger partial charge in [0.2, 0.25) is 11.8 Å². The molecular weight excluding hydrogens is 611 g/mol. The molecule has 0 aliphatic heterocycles. The van der Waals surface area contributed by atoms with Crippen molar-refractivity contribution in [2.45, 2.75) is 71.0 Å². The van der Waals surface area contributed by atoms with E-state index in [1.807, 2.05) is 101 Å². The molecular formula is C38H45N3O5S. The maximum Gasteiger partial charge on any atom is 0.264 e. The number of rotatable bonds is 14. The van der Waals surface area contributed by atoms with Gasteiger partial charge in [-0.05, 0) is 86.7 Å². The van der Waals surface area contributed by atoms with Crippen LogP contribution >= 0.6 is 0 Å². The highest BCUT2D eigenvalue weighted by Gasteiger charge is 2.35. The summed E-state index contributed by atoms with van der Waals surface area (Å²) >= 11 is 0. The fourth-order valence-corrected chi connectivity index (χ4v) is 6.77. The highest BCUT2D eigenvalue weighted by atomic mass is 32.2. The Kier molecular flexibility index (Phi) is 11.8. The van der Waals surface area contributed by atoms with Crippen molar-refractivity contribution in [2.75, 3.05) is 18.0 Å². The molecule has 4 aromatic rings. The minimum absolute atomic E-state index is 0.0622. The van der Waals surface area contributed by atoms with E-state index in [0.717, 1.165) is 22.3 Å². The summed E-state index contributed by atoms with van der Waals surface area (Å²) in [5, 5.41) is 3.07. The molecule has 9 heteroatoms. The van der Waals surface area contributed by atoms with Gasteiger partial charge in [0.05, 0.1) is 17.7 Å². The third-order valence-corrected chi connectivity index (χ3v) is 10.1. The summed E-state index contributed by atoms with van der Waals surface area (Å²) in [5.41, 5.74) is 4.49. The van der Waals surface area contributed by atoms with E-state index in [4.69, 9.17) is 4.74 Å². The molecule has 0 fully saturated rings. The van der Waals surface area contributed by atoms with Crippen molar-refractivity contribution < 1.29 is 22.7 Å². The average molecular weight is 656 g/mol. The van der Waals surface area contributed by atoms with Gasteiger partial charge in [0.1, 0.15) is 18.3 Å². The lowest BCUT2D eigenvalue weighted by molar-refractivity contribution is -0.140. The Labute approximate surface area is 279 Å². The molecule has 0 bridgehead atoms. The smallest absolute Gasteiger partial charge is 0.264 e. The Morgan fingerprint density at radius 2 is 1.49 bits per heavy atom. The van der Waals surface area contributed by atoms with E-state index < -0.39 is 28.5 Å². The molecule has 47 heavy (non-hydrogen) atoms. The van der Waals surface area contributed by atoms with E-state index in [9.17, 15) is 18.0 Å². The van der Waals surface area contributed by atoms with Crippen LogP contribution in [0.2, 0.25) is 0 Å². The van der Waals surface area contributed by atoms with Crippen molar-refractivity contribution >= 4 is 27.5 Å². The normalized spacial score (nSPS) is 12.6. The van der Waals surface area contributed by atoms with Crippen molar-refractivity contribution in [1.82, 2.24) is 10.2 Å². The molecule has 0 aliphatic carbocycles. The van der Waals surface area contributed by atoms with Crippen LogP contribution in [-0.2, 0) is 32.6 Å². The second-order valence-electron chi connectivity index (χ2n) is 12.0. The first kappa shape index (κ1) is 35.2. The van der Waals surface area contributed by atoms with E-state index >= 15 is 0 Å². The van der Waals surface area contributed by atoms with Gasteiger partial charge in [-0.2, -0.15) is 0 Å². The van der Waals surface area contributed by atoms with Crippen LogP contribution in [0.1, 0.15) is 48.1 Å². The van der Waals surface area contributed by atoms with Crippen molar-refractivity contribution in [2.24, 2.45) is 0 Å². The van der Waals surface area contributed by atoms with Gasteiger partial charge >= 0.3 is 0 Å². The van der Waals surface area contributed by atoms with E-state index in [0.29, 0.717) is 23.4 Å². The Balaban J connectivity index is 1.85. The molecule has 0 aromatic heterocycles. The summed E-state index contributed by atoms with van der Waals surface area (Å²) < 4.78 is 35.3. The van der Waals surface area contributed by atoms with Crippen LogP contribution in [0.15, 0.2) is 102 Å². The highest BCUT2D eigenvalue weighted by molar-refractivity contribution is 7.92. The summed E-state index contributed by atoms with van der Waals surface area (Å²) in [6.07, 6.45) is 0.954. The zero-order valence-corrected chi connectivity index (χ0v) is 28.9. The van der Waals surface area contributed by atoms with Crippen LogP contribution in [0.25, 0.3) is 0 Å². The number of hydrogen-bond acceptors (Lipinski definition) is 5. The van der Waals surface area contributed by atoms with Crippen LogP contribution in [0.4, 0.5) is 5.69 Å². The summed E-state index contributed by atoms with van der Waals surface area (Å²) in [5.74, 6) is -0.207. The van der Waals surface area contributed by atoms with E-state index in [2.05, 4.69) is 5.32 Å². The largest absolute Gasteiger partial charge is 0.497 e. The third-order valence-electron chi connectivity index (χ3n) is 8.28. The molecule has 0 heterocycles. The van der Waals surface area contributed by atoms with Crippen molar-refractivity contribution in [1.29, 1.82) is 0 Å². The second-order valence-corrected chi connectivity index (χ2v) is 13.9. The molecule has 248 valence electrons. The van der Waals surface area contributed by atoms with Crippen molar-refractivity contribution in [3.63, 3.8) is 0 Å². The van der Waals surface area contributed by atoms with Crippen LogP contribution < -0.4 is 14.4 Å². The van der Waals surface area contributed by atoms with Gasteiger partial charge in [0.15, 0.2) is 0 Å². The predicted octanol–water partition coefficient (Wildman–Crippen LogP) is 6.37. The Morgan fingerprint density at radius 3 is 2.15 bits per heavy atom. The standard InChI is InChI=1S/C38H45N3O5S/c1-7-30(5)39-38(43)36(24-31-12-9-8-10-13-31)40(25-32-14-11-15-33(23-32)46-6)37(42)26-41(35-22-28(3)16-19-29(35)4)47(44,45)34-20-17-27(2)18-21-34/h8-23,30,36H,7,24-26H2,1-6H3,(H,39,43). The zero-order valence-electron chi connectivity index (χ0n) is 28.1. The lowest BCUT2D eigenvalue weighted by Crippen LogP contribution is -2.54. The fourth-order valence-electron chi connectivity index (χ4n) is 5.30. The monoisotopic (exact) mass is 655 g/mol. The maximum atomic E-state index is 14.7. The summed E-state index contributed by atoms with van der Waals surface area (Å²) in [4.78, 5) is 30.3. The molecule has 4 aromatic carbocycles. The molecule has 0 saturated heterocycles. The molecule has 1 N–H and O–H groups in total. The molecule has 2 unspecified atom stereocenters. The van der Waals surface area contributed by atoms with E-state index in [1.54, 1.807) is 37.4 Å². The van der Waals surface area contributed by atoms with Gasteiger partial charge < -0.3 is 15.0 Å². The maximum absolute atomic E-state index is 14.7. The summed E-state index contributed by atoms with van der Waals surface area (Å²) in [6.45, 7) is 9.04. The number of nitrogens with one attached hydrogen (secondary N) is 1. The number of methoxy groups -OCH3 is 1. The first-order valence-electron chi connectivity index (χ1n) is 15.9. The van der Waals surface area contributed by atoms with E-state index in [-0.39, 0.29) is 29.8 Å². The van der Waals surface area contributed by atoms with Crippen LogP contribution in [0, 0.1) is 20.8 Å². The molecule has 2 amide bonds. The van der Waals surface area contributed by atoms with Crippen molar-refractivity contribution in [3.8, 4) is 5.75 Å². The number of benzene rings is 4. The second kappa shape index (κ2) is 15.8. The van der Waals surface area contributed by atoms with Gasteiger partial charge in [0.25, 0.3) is 10.0 Å². The topological polar surface area (TPSA) is 96.0 Å². The highest BCUT2D eigenvalue weighted by Crippen LogP contribution is 2.29. The average Bonchev–Trinajstić information content (AvgIpc) is 3.06. The number of hydrogen-bond donors (Lipinski definition) is 1. The number of aryl methyl sites for hydroxylation is 3. The Hall–Kier alpha value is -4.63. The molecule has 4 rings (SSSR count). The fraction of sp³-hybridized carbons (Fsp3) is 0.316. The van der Waals surface area contributed by atoms with Gasteiger partial charge in [-0.3, -0.25) is 13.9 Å². The number of carbonyl (C=O) groups is 2. The van der Waals surface area contributed by atoms with Gasteiger partial charge in [-0.1, -0.05) is 79.2 Å². The SMILES string of the molecule is CCC(C)NC(=O)C(Cc1ccccc1)N(Cc1cccc(OC)c1)C(=O)CN(c1cc(C)ccc1C)S(=O)(=O)c1ccc(C)cc1. The van der Waals surface area contributed by atoms with Crippen molar-refractivity contribution in [3.05, 3.63) is 125 Å². The molecule has 0 spiro atoms. The molecule has 0 radical (unpaired) electrons. The lowest BCUT2D eigenvalue weighted by atomic mass is 10.0. The number of nitrogens with zero attached hydrogens (tertiary/aromatic N) is 2. The quantitative estimate of drug-likeness (QED) is 0.170. The first-order valence-corrected chi connectivity index (χ1v) is 17.3. The number of ether oxygens (including phenoxy) is 1. The number of carbonyl (C=O) groups excluding carboxylic acids is 2. The Morgan fingerprint density at radius 1 is 0.830 bits per heavy atom. The summed E-state index contributed by atoms with van der Waals surface area (Å²) in [6, 6.07) is 27.9. The lowest BCUT2D eigenvalue weighted by Gasteiger charge is -2.34. The molecule has 8 nitrogen and oxygen atoms in total. The summed E-state index contributed by atoms with van der Waals surface area (Å²) in [7, 11) is -2.62. The number of amides is 2. The first-order chi connectivity index (χ1) is 22.4. The molecule has 2 atom stereocenters. The van der Waals surface area contributed by atoms with Gasteiger partial charge in [-0.15, -0.1) is 0 Å². The molecule has 0 saturated carbocycles.